The Kier molecular flexibility index (Phi) is 7.84. The largest absolute Gasteiger partial charge is 0.354 e. The van der Waals surface area contributed by atoms with Crippen molar-refractivity contribution in [2.24, 2.45) is 0 Å². The fourth-order valence-corrected chi connectivity index (χ4v) is 4.60. The maximum Gasteiger partial charge on any atom is 0.293 e. The second kappa shape index (κ2) is 10.6. The van der Waals surface area contributed by atoms with E-state index in [1.165, 1.54) is 19.2 Å². The van der Waals surface area contributed by atoms with Crippen LogP contribution >= 0.6 is 11.8 Å². The van der Waals surface area contributed by atoms with E-state index in [2.05, 4.69) is 10.0 Å². The number of hydrogen-bond acceptors (Lipinski definition) is 6. The maximum absolute atomic E-state index is 12.5. The summed E-state index contributed by atoms with van der Waals surface area (Å²) in [7, 11) is -2.15. The number of carbonyl (C=O) groups excluding carboxylic acids is 3. The first-order valence-corrected chi connectivity index (χ1v) is 12.2. The molecular formula is C22H23N3O5S2. The third kappa shape index (κ3) is 6.06. The van der Waals surface area contributed by atoms with E-state index in [0.717, 1.165) is 27.8 Å². The fraction of sp³-hybridized carbons (Fsp3) is 0.227. The molecule has 3 amide bonds. The van der Waals surface area contributed by atoms with Gasteiger partial charge in [0.05, 0.1) is 9.80 Å². The van der Waals surface area contributed by atoms with Crippen molar-refractivity contribution in [3.63, 3.8) is 0 Å². The second-order valence-corrected chi connectivity index (χ2v) is 9.83. The summed E-state index contributed by atoms with van der Waals surface area (Å²) >= 11 is 0.886. The number of benzene rings is 2. The Bertz CT molecular complexity index is 1130. The predicted octanol–water partition coefficient (Wildman–Crippen LogP) is 2.38. The van der Waals surface area contributed by atoms with Crippen molar-refractivity contribution in [2.45, 2.75) is 17.7 Å². The van der Waals surface area contributed by atoms with Gasteiger partial charge in [-0.3, -0.25) is 19.3 Å². The van der Waals surface area contributed by atoms with Gasteiger partial charge in [0.1, 0.15) is 0 Å². The van der Waals surface area contributed by atoms with Crippen molar-refractivity contribution < 1.29 is 22.8 Å². The van der Waals surface area contributed by atoms with Gasteiger partial charge in [0.25, 0.3) is 11.1 Å². The minimum atomic E-state index is -3.49. The van der Waals surface area contributed by atoms with Crippen LogP contribution in [0.2, 0.25) is 0 Å². The van der Waals surface area contributed by atoms with Gasteiger partial charge in [-0.25, -0.2) is 13.1 Å². The Labute approximate surface area is 191 Å². The van der Waals surface area contributed by atoms with Crippen LogP contribution in [0.25, 0.3) is 6.08 Å². The molecule has 1 fully saturated rings. The van der Waals surface area contributed by atoms with E-state index in [4.69, 9.17) is 0 Å². The van der Waals surface area contributed by atoms with E-state index in [1.54, 1.807) is 18.2 Å². The molecule has 3 rings (SSSR count). The molecule has 0 saturated carbocycles. The van der Waals surface area contributed by atoms with Gasteiger partial charge in [-0.15, -0.1) is 0 Å². The first-order valence-electron chi connectivity index (χ1n) is 9.90. The number of amides is 3. The molecule has 2 aromatic rings. The van der Waals surface area contributed by atoms with Crippen LogP contribution in [-0.4, -0.2) is 50.5 Å². The maximum atomic E-state index is 12.5. The third-order valence-electron chi connectivity index (χ3n) is 4.77. The summed E-state index contributed by atoms with van der Waals surface area (Å²) in [6.07, 6.45) is 2.32. The molecule has 8 nitrogen and oxygen atoms in total. The Morgan fingerprint density at radius 3 is 2.41 bits per heavy atom. The molecule has 0 spiro atoms. The Hall–Kier alpha value is -2.95. The Morgan fingerprint density at radius 1 is 1.06 bits per heavy atom. The highest BCUT2D eigenvalue weighted by Gasteiger charge is 2.34. The van der Waals surface area contributed by atoms with Crippen LogP contribution in [-0.2, 0) is 26.0 Å². The van der Waals surface area contributed by atoms with Crippen LogP contribution in [0.3, 0.4) is 0 Å². The van der Waals surface area contributed by atoms with E-state index in [9.17, 15) is 22.8 Å². The van der Waals surface area contributed by atoms with E-state index in [1.807, 2.05) is 30.3 Å². The molecule has 32 heavy (non-hydrogen) atoms. The molecular weight excluding hydrogens is 450 g/mol. The van der Waals surface area contributed by atoms with E-state index in [0.29, 0.717) is 11.3 Å². The van der Waals surface area contributed by atoms with Crippen molar-refractivity contribution in [1.82, 2.24) is 14.9 Å². The first-order chi connectivity index (χ1) is 15.3. The fourth-order valence-electron chi connectivity index (χ4n) is 3.00. The van der Waals surface area contributed by atoms with Crippen molar-refractivity contribution in [2.75, 3.05) is 20.1 Å². The van der Waals surface area contributed by atoms with Crippen LogP contribution in [0.4, 0.5) is 4.79 Å². The van der Waals surface area contributed by atoms with Gasteiger partial charge in [0.2, 0.25) is 15.9 Å². The van der Waals surface area contributed by atoms with Crippen LogP contribution in [0.5, 0.6) is 0 Å². The smallest absolute Gasteiger partial charge is 0.293 e. The molecule has 168 valence electrons. The second-order valence-electron chi connectivity index (χ2n) is 6.95. The lowest BCUT2D eigenvalue weighted by atomic mass is 10.1. The molecule has 0 aromatic heterocycles. The Balaban J connectivity index is 1.45. The lowest BCUT2D eigenvalue weighted by Gasteiger charge is -2.13. The molecule has 10 heteroatoms. The predicted molar refractivity (Wildman–Crippen MR) is 123 cm³/mol. The van der Waals surface area contributed by atoms with Crippen LogP contribution in [0.1, 0.15) is 17.5 Å². The summed E-state index contributed by atoms with van der Waals surface area (Å²) in [4.78, 5) is 38.4. The molecule has 1 heterocycles. The molecule has 2 aromatic carbocycles. The monoisotopic (exact) mass is 473 g/mol. The first kappa shape index (κ1) is 23.7. The van der Waals surface area contributed by atoms with Crippen molar-refractivity contribution in [1.29, 1.82) is 0 Å². The van der Waals surface area contributed by atoms with Gasteiger partial charge >= 0.3 is 0 Å². The number of carbonyl (C=O) groups is 3. The van der Waals surface area contributed by atoms with Gasteiger partial charge in [0.15, 0.2) is 0 Å². The number of aryl methyl sites for hydroxylation is 1. The molecule has 1 aliphatic rings. The Morgan fingerprint density at radius 2 is 1.75 bits per heavy atom. The van der Waals surface area contributed by atoms with E-state index < -0.39 is 10.0 Å². The van der Waals surface area contributed by atoms with Gasteiger partial charge in [-0.2, -0.15) is 0 Å². The zero-order valence-corrected chi connectivity index (χ0v) is 19.0. The molecule has 0 bridgehead atoms. The average molecular weight is 474 g/mol. The van der Waals surface area contributed by atoms with Crippen molar-refractivity contribution >= 4 is 44.9 Å². The number of hydrogen-bond donors (Lipinski definition) is 2. The topological polar surface area (TPSA) is 113 Å². The normalized spacial score (nSPS) is 15.4. The van der Waals surface area contributed by atoms with Crippen molar-refractivity contribution in [3.8, 4) is 0 Å². The number of nitrogens with zero attached hydrogens (tertiary/aromatic N) is 1. The molecule has 1 saturated heterocycles. The van der Waals surface area contributed by atoms with E-state index >= 15 is 0 Å². The summed E-state index contributed by atoms with van der Waals surface area (Å²) in [6.45, 7) is 0.258. The lowest BCUT2D eigenvalue weighted by molar-refractivity contribution is -0.124. The molecule has 0 aliphatic carbocycles. The summed E-state index contributed by atoms with van der Waals surface area (Å²) in [5.74, 6) is -0.585. The lowest BCUT2D eigenvalue weighted by Crippen LogP contribution is -2.37. The van der Waals surface area contributed by atoms with Gasteiger partial charge < -0.3 is 5.32 Å². The average Bonchev–Trinajstić information content (AvgIpc) is 3.06. The molecule has 0 radical (unpaired) electrons. The quantitative estimate of drug-likeness (QED) is 0.541. The number of rotatable bonds is 9. The third-order valence-corrected chi connectivity index (χ3v) is 7.11. The zero-order chi connectivity index (χ0) is 23.1. The summed E-state index contributed by atoms with van der Waals surface area (Å²) in [5, 5.41) is 2.35. The minimum Gasteiger partial charge on any atom is -0.354 e. The SMILES string of the molecule is CNS(=O)(=O)c1ccc(CCC(=O)NCCN2C(=O)S/C(=C\c3ccccc3)C2=O)cc1. The standard InChI is InChI=1S/C22H23N3O5S2/c1-23-32(29,30)18-10-7-16(8-11-18)9-12-20(26)24-13-14-25-21(27)19(31-22(25)28)15-17-5-3-2-4-6-17/h2-8,10-11,15,23H,9,12-14H2,1H3,(H,24,26)/b19-15-. The number of sulfonamides is 1. The number of imide groups is 1. The number of nitrogens with one attached hydrogen (secondary N) is 2. The van der Waals surface area contributed by atoms with Gasteiger partial charge in [-0.1, -0.05) is 42.5 Å². The van der Waals surface area contributed by atoms with Gasteiger partial charge in [0, 0.05) is 19.5 Å². The van der Waals surface area contributed by atoms with Crippen LogP contribution < -0.4 is 10.0 Å². The summed E-state index contributed by atoms with van der Waals surface area (Å²) in [5.41, 5.74) is 1.66. The molecule has 1 aliphatic heterocycles. The summed E-state index contributed by atoms with van der Waals surface area (Å²) < 4.78 is 25.7. The van der Waals surface area contributed by atoms with Crippen LogP contribution in [0, 0.1) is 0 Å². The minimum absolute atomic E-state index is 0.0963. The van der Waals surface area contributed by atoms with Crippen molar-refractivity contribution in [3.05, 3.63) is 70.6 Å². The van der Waals surface area contributed by atoms with E-state index in [-0.39, 0.29) is 41.5 Å². The molecule has 0 unspecified atom stereocenters. The van der Waals surface area contributed by atoms with Gasteiger partial charge in [-0.05, 0) is 54.6 Å². The molecule has 0 atom stereocenters. The highest BCUT2D eigenvalue weighted by molar-refractivity contribution is 8.18. The molecule has 2 N–H and O–H groups in total. The highest BCUT2D eigenvalue weighted by Crippen LogP contribution is 2.31. The number of thioether (sulfide) groups is 1. The van der Waals surface area contributed by atoms with Crippen LogP contribution in [0.15, 0.2) is 64.4 Å². The summed E-state index contributed by atoms with van der Waals surface area (Å²) in [6, 6.07) is 15.6. The zero-order valence-electron chi connectivity index (χ0n) is 17.4. The highest BCUT2D eigenvalue weighted by atomic mass is 32.2.